The summed E-state index contributed by atoms with van der Waals surface area (Å²) in [5.74, 6) is -4.57. The Morgan fingerprint density at radius 1 is 1.50 bits per heavy atom. The molecule has 0 aliphatic carbocycles. The molecule has 1 saturated heterocycles. The topological polar surface area (TPSA) is 40.5 Å². The molecule has 0 bridgehead atoms. The van der Waals surface area contributed by atoms with E-state index in [1.165, 1.54) is 0 Å². The van der Waals surface area contributed by atoms with Crippen LogP contribution in [0.5, 0.6) is 0 Å². The number of nitrogens with zero attached hydrogens (tertiary/aromatic N) is 1. The van der Waals surface area contributed by atoms with Crippen LogP contribution in [0.15, 0.2) is 0 Å². The summed E-state index contributed by atoms with van der Waals surface area (Å²) in [5.41, 5.74) is -0.985. The molecule has 3 nitrogen and oxygen atoms in total. The molecule has 0 aromatic carbocycles. The van der Waals surface area contributed by atoms with E-state index in [2.05, 4.69) is 0 Å². The highest BCUT2D eigenvalue weighted by molar-refractivity contribution is 5.84. The molecule has 0 saturated carbocycles. The Morgan fingerprint density at radius 2 is 1.93 bits per heavy atom. The van der Waals surface area contributed by atoms with Crippen molar-refractivity contribution in [1.29, 1.82) is 0 Å². The number of amides is 1. The fraction of sp³-hybridized carbons (Fsp3) is 0.889. The van der Waals surface area contributed by atoms with Gasteiger partial charge in [-0.05, 0) is 5.92 Å². The number of carbonyl (C=O) groups excluding carboxylic acids is 1. The monoisotopic (exact) mass is 207 g/mol. The second-order valence-electron chi connectivity index (χ2n) is 4.31. The number of likely N-dealkylation sites (tertiary alicyclic amines) is 1. The molecule has 5 heteroatoms. The summed E-state index contributed by atoms with van der Waals surface area (Å²) >= 11 is 0. The molecule has 14 heavy (non-hydrogen) atoms. The van der Waals surface area contributed by atoms with Crippen LogP contribution < -0.4 is 0 Å². The van der Waals surface area contributed by atoms with E-state index in [1.807, 2.05) is 0 Å². The van der Waals surface area contributed by atoms with Gasteiger partial charge in [-0.1, -0.05) is 13.8 Å². The van der Waals surface area contributed by atoms with Crippen molar-refractivity contribution in [2.45, 2.75) is 32.3 Å². The van der Waals surface area contributed by atoms with Crippen molar-refractivity contribution in [1.82, 2.24) is 4.90 Å². The molecular weight excluding hydrogens is 192 g/mol. The summed E-state index contributed by atoms with van der Waals surface area (Å²) in [6.07, 6.45) is 0. The van der Waals surface area contributed by atoms with E-state index in [9.17, 15) is 18.7 Å². The predicted molar refractivity (Wildman–Crippen MR) is 47.0 cm³/mol. The summed E-state index contributed by atoms with van der Waals surface area (Å²) in [7, 11) is 0. The lowest BCUT2D eigenvalue weighted by molar-refractivity contribution is -0.183. The maximum Gasteiger partial charge on any atom is 0.322 e. The quantitative estimate of drug-likeness (QED) is 0.730. The first-order valence-electron chi connectivity index (χ1n) is 4.56. The van der Waals surface area contributed by atoms with E-state index in [0.717, 1.165) is 4.90 Å². The first kappa shape index (κ1) is 11.4. The highest BCUT2D eigenvalue weighted by Gasteiger charge is 2.50. The van der Waals surface area contributed by atoms with Gasteiger partial charge in [0.2, 0.25) is 0 Å². The van der Waals surface area contributed by atoms with Crippen LogP contribution in [-0.4, -0.2) is 40.5 Å². The number of halogens is 2. The van der Waals surface area contributed by atoms with Crippen molar-refractivity contribution in [3.8, 4) is 0 Å². The van der Waals surface area contributed by atoms with Crippen LogP contribution in [0, 0.1) is 5.92 Å². The van der Waals surface area contributed by atoms with E-state index in [4.69, 9.17) is 0 Å². The molecule has 0 unspecified atom stereocenters. The van der Waals surface area contributed by atoms with Crippen molar-refractivity contribution in [2.24, 2.45) is 5.92 Å². The van der Waals surface area contributed by atoms with Crippen molar-refractivity contribution < 1.29 is 18.7 Å². The molecule has 1 rings (SSSR count). The van der Waals surface area contributed by atoms with Crippen LogP contribution in [-0.2, 0) is 4.79 Å². The maximum atomic E-state index is 12.6. The highest BCUT2D eigenvalue weighted by atomic mass is 19.3. The SMILES string of the molecule is CC(C)C1(O)CN(C(=O)C(C)(F)F)C1. The van der Waals surface area contributed by atoms with E-state index in [1.54, 1.807) is 13.8 Å². The van der Waals surface area contributed by atoms with Gasteiger partial charge in [0, 0.05) is 6.92 Å². The lowest BCUT2D eigenvalue weighted by Crippen LogP contribution is -2.67. The van der Waals surface area contributed by atoms with Gasteiger partial charge in [0.05, 0.1) is 13.1 Å². The van der Waals surface area contributed by atoms with Crippen molar-refractivity contribution in [3.05, 3.63) is 0 Å². The highest BCUT2D eigenvalue weighted by Crippen LogP contribution is 2.31. The van der Waals surface area contributed by atoms with Gasteiger partial charge in [-0.3, -0.25) is 4.79 Å². The summed E-state index contributed by atoms with van der Waals surface area (Å²) in [6.45, 7) is 4.18. The molecular formula is C9H15F2NO2. The Kier molecular flexibility index (Phi) is 2.56. The Morgan fingerprint density at radius 3 is 2.21 bits per heavy atom. The Balaban J connectivity index is 2.54. The number of carbonyl (C=O) groups is 1. The molecule has 82 valence electrons. The van der Waals surface area contributed by atoms with Crippen LogP contribution in [0.3, 0.4) is 0 Å². The zero-order valence-electron chi connectivity index (χ0n) is 8.55. The first-order chi connectivity index (χ1) is 6.17. The Labute approximate surface area is 81.7 Å². The zero-order chi connectivity index (χ0) is 11.1. The average Bonchev–Trinajstić information content (AvgIpc) is 1.95. The Hall–Kier alpha value is -0.710. The second-order valence-corrected chi connectivity index (χ2v) is 4.31. The largest absolute Gasteiger partial charge is 0.386 e. The number of aliphatic hydroxyl groups is 1. The molecule has 1 heterocycles. The van der Waals surface area contributed by atoms with Crippen LogP contribution >= 0.6 is 0 Å². The van der Waals surface area contributed by atoms with Gasteiger partial charge in [-0.2, -0.15) is 8.78 Å². The van der Waals surface area contributed by atoms with Crippen molar-refractivity contribution in [2.75, 3.05) is 13.1 Å². The van der Waals surface area contributed by atoms with Gasteiger partial charge in [-0.25, -0.2) is 0 Å². The minimum absolute atomic E-state index is 0.00688. The predicted octanol–water partition coefficient (Wildman–Crippen LogP) is 0.871. The lowest BCUT2D eigenvalue weighted by Gasteiger charge is -2.49. The smallest absolute Gasteiger partial charge is 0.322 e. The van der Waals surface area contributed by atoms with Gasteiger partial charge in [-0.15, -0.1) is 0 Å². The Bertz CT molecular complexity index is 242. The number of β-amino-alcohol motifs (C(OH)–C–C–N with tert-alkyl or cyclic N) is 1. The van der Waals surface area contributed by atoms with Crippen molar-refractivity contribution >= 4 is 5.91 Å². The third-order valence-corrected chi connectivity index (χ3v) is 2.67. The molecule has 0 atom stereocenters. The molecule has 0 spiro atoms. The summed E-state index contributed by atoms with van der Waals surface area (Å²) < 4.78 is 25.1. The van der Waals surface area contributed by atoms with E-state index < -0.39 is 17.4 Å². The maximum absolute atomic E-state index is 12.6. The van der Waals surface area contributed by atoms with Crippen LogP contribution in [0.25, 0.3) is 0 Å². The van der Waals surface area contributed by atoms with Crippen LogP contribution in [0.2, 0.25) is 0 Å². The third kappa shape index (κ3) is 1.87. The summed E-state index contributed by atoms with van der Waals surface area (Å²) in [6, 6.07) is 0. The van der Waals surface area contributed by atoms with Crippen LogP contribution in [0.4, 0.5) is 8.78 Å². The summed E-state index contributed by atoms with van der Waals surface area (Å²) in [5, 5.41) is 9.73. The van der Waals surface area contributed by atoms with E-state index in [-0.39, 0.29) is 19.0 Å². The number of alkyl halides is 2. The van der Waals surface area contributed by atoms with Gasteiger partial charge in [0.1, 0.15) is 5.60 Å². The second kappa shape index (κ2) is 3.15. The minimum atomic E-state index is -3.34. The number of rotatable bonds is 2. The summed E-state index contributed by atoms with van der Waals surface area (Å²) in [4.78, 5) is 12.0. The first-order valence-corrected chi connectivity index (χ1v) is 4.56. The van der Waals surface area contributed by atoms with Gasteiger partial charge < -0.3 is 10.0 Å². The standard InChI is InChI=1S/C9H15F2NO2/c1-6(2)9(14)4-12(5-9)7(13)8(3,10)11/h6,14H,4-5H2,1-3H3. The van der Waals surface area contributed by atoms with Crippen LogP contribution in [0.1, 0.15) is 20.8 Å². The minimum Gasteiger partial charge on any atom is -0.386 e. The van der Waals surface area contributed by atoms with Gasteiger partial charge >= 0.3 is 5.92 Å². The van der Waals surface area contributed by atoms with E-state index >= 15 is 0 Å². The molecule has 1 aliphatic rings. The van der Waals surface area contributed by atoms with Crippen molar-refractivity contribution in [3.63, 3.8) is 0 Å². The zero-order valence-corrected chi connectivity index (χ0v) is 8.55. The van der Waals surface area contributed by atoms with Gasteiger partial charge in [0.15, 0.2) is 0 Å². The third-order valence-electron chi connectivity index (χ3n) is 2.67. The molecule has 0 aromatic rings. The fourth-order valence-electron chi connectivity index (χ4n) is 1.40. The molecule has 1 N–H and O–H groups in total. The molecule has 0 radical (unpaired) electrons. The molecule has 1 amide bonds. The molecule has 1 fully saturated rings. The normalized spacial score (nSPS) is 20.9. The number of hydrogen-bond acceptors (Lipinski definition) is 2. The molecule has 0 aromatic heterocycles. The van der Waals surface area contributed by atoms with Gasteiger partial charge in [0.25, 0.3) is 5.91 Å². The number of hydrogen-bond donors (Lipinski definition) is 1. The molecule has 1 aliphatic heterocycles. The average molecular weight is 207 g/mol. The van der Waals surface area contributed by atoms with E-state index in [0.29, 0.717) is 6.92 Å². The fourth-order valence-corrected chi connectivity index (χ4v) is 1.40. The lowest BCUT2D eigenvalue weighted by atomic mass is 9.83.